The van der Waals surface area contributed by atoms with Gasteiger partial charge in [-0.3, -0.25) is 0 Å². The van der Waals surface area contributed by atoms with Crippen molar-refractivity contribution in [2.75, 3.05) is 0 Å². The highest BCUT2D eigenvalue weighted by Crippen LogP contribution is 2.23. The van der Waals surface area contributed by atoms with Crippen LogP contribution in [-0.2, 0) is 12.8 Å². The first-order chi connectivity index (χ1) is 10.7. The lowest BCUT2D eigenvalue weighted by molar-refractivity contribution is 1.05. The molecule has 1 aromatic carbocycles. The van der Waals surface area contributed by atoms with E-state index in [1.165, 1.54) is 28.0 Å². The Morgan fingerprint density at radius 2 is 1.68 bits per heavy atom. The lowest BCUT2D eigenvalue weighted by Crippen LogP contribution is -1.93. The van der Waals surface area contributed by atoms with Gasteiger partial charge in [0.15, 0.2) is 0 Å². The van der Waals surface area contributed by atoms with E-state index in [1.807, 2.05) is 6.92 Å². The molecule has 0 unspecified atom stereocenters. The van der Waals surface area contributed by atoms with Crippen molar-refractivity contribution >= 4 is 11.3 Å². The standard InChI is InChI=1S/C11H12N2S.C8H8/c1-3-9-4-6-10(7-5-9)11-13-12-8(2)14-11;1-2-6-5-7-3-4-8(6)7/h4-7H,3H2,1-2H3;3-5H,2H2,1H3. The second-order valence-corrected chi connectivity index (χ2v) is 6.58. The van der Waals surface area contributed by atoms with Gasteiger partial charge in [0, 0.05) is 5.56 Å². The van der Waals surface area contributed by atoms with Crippen molar-refractivity contribution in [3.63, 3.8) is 0 Å². The normalized spacial score (nSPS) is 10.9. The Balaban J connectivity index is 0.000000151. The van der Waals surface area contributed by atoms with Crippen LogP contribution < -0.4 is 0 Å². The molecule has 1 heterocycles. The molecule has 0 fully saturated rings. The molecule has 0 amide bonds. The van der Waals surface area contributed by atoms with Crippen molar-refractivity contribution in [3.8, 4) is 10.6 Å². The summed E-state index contributed by atoms with van der Waals surface area (Å²) in [6, 6.07) is 15.1. The summed E-state index contributed by atoms with van der Waals surface area (Å²) >= 11 is 1.63. The maximum atomic E-state index is 4.11. The molecule has 1 aromatic heterocycles. The first kappa shape index (κ1) is 14.9. The van der Waals surface area contributed by atoms with Crippen molar-refractivity contribution < 1.29 is 0 Å². The van der Waals surface area contributed by atoms with E-state index in [1.54, 1.807) is 11.3 Å². The Morgan fingerprint density at radius 1 is 0.909 bits per heavy atom. The smallest absolute Gasteiger partial charge is 0.143 e. The van der Waals surface area contributed by atoms with E-state index in [2.05, 4.69) is 66.5 Å². The lowest BCUT2D eigenvalue weighted by Gasteiger charge is -2.07. The number of hydrogen-bond donors (Lipinski definition) is 0. The summed E-state index contributed by atoms with van der Waals surface area (Å²) in [5, 5.41) is 13.1. The first-order valence-corrected chi connectivity index (χ1v) is 8.55. The van der Waals surface area contributed by atoms with Gasteiger partial charge in [-0.2, -0.15) is 0 Å². The Morgan fingerprint density at radius 3 is 2.05 bits per heavy atom. The number of rotatable bonds is 3. The van der Waals surface area contributed by atoms with Crippen molar-refractivity contribution in [1.29, 1.82) is 0 Å². The van der Waals surface area contributed by atoms with E-state index in [0.29, 0.717) is 0 Å². The molecule has 4 rings (SSSR count). The predicted octanol–water partition coefficient (Wildman–Crippen LogP) is 4.93. The van der Waals surface area contributed by atoms with E-state index in [9.17, 15) is 0 Å². The molecular formula is C19H20N2S. The van der Waals surface area contributed by atoms with Crippen LogP contribution in [0.25, 0.3) is 10.6 Å². The quantitative estimate of drug-likeness (QED) is 0.536. The monoisotopic (exact) mass is 308 g/mol. The molecule has 0 saturated heterocycles. The third-order valence-electron chi connectivity index (χ3n) is 3.93. The zero-order valence-electron chi connectivity index (χ0n) is 13.3. The van der Waals surface area contributed by atoms with Crippen LogP contribution in [0.1, 0.15) is 30.0 Å². The fourth-order valence-electron chi connectivity index (χ4n) is 2.46. The maximum Gasteiger partial charge on any atom is 0.147 e. The van der Waals surface area contributed by atoms with Crippen LogP contribution in [0.3, 0.4) is 0 Å². The summed E-state index contributed by atoms with van der Waals surface area (Å²) in [6.45, 7) is 6.33. The van der Waals surface area contributed by atoms with Gasteiger partial charge in [-0.25, -0.2) is 0 Å². The van der Waals surface area contributed by atoms with Crippen molar-refractivity contribution in [1.82, 2.24) is 10.2 Å². The van der Waals surface area contributed by atoms with Gasteiger partial charge in [-0.1, -0.05) is 67.6 Å². The summed E-state index contributed by atoms with van der Waals surface area (Å²) in [6.07, 6.45) is 2.28. The van der Waals surface area contributed by atoms with Crippen LogP contribution >= 0.6 is 11.3 Å². The van der Waals surface area contributed by atoms with Crippen LogP contribution in [0.2, 0.25) is 0 Å². The number of hydrogen-bond acceptors (Lipinski definition) is 3. The van der Waals surface area contributed by atoms with Gasteiger partial charge >= 0.3 is 0 Å². The van der Waals surface area contributed by atoms with E-state index >= 15 is 0 Å². The summed E-state index contributed by atoms with van der Waals surface area (Å²) < 4.78 is 0. The summed E-state index contributed by atoms with van der Waals surface area (Å²) in [5.41, 5.74) is 4.05. The Hall–Kier alpha value is -2.00. The van der Waals surface area contributed by atoms with Crippen LogP contribution in [0.15, 0.2) is 42.5 Å². The minimum Gasteiger partial charge on any atom is -0.143 e. The predicted molar refractivity (Wildman–Crippen MR) is 93.0 cm³/mol. The average molecular weight is 308 g/mol. The summed E-state index contributed by atoms with van der Waals surface area (Å²) in [7, 11) is 0. The second kappa shape index (κ2) is 6.41. The number of aryl methyl sites for hydroxylation is 3. The van der Waals surface area contributed by atoms with Crippen LogP contribution in [0.5, 0.6) is 0 Å². The zero-order chi connectivity index (χ0) is 15.5. The van der Waals surface area contributed by atoms with Crippen LogP contribution in [0.4, 0.5) is 0 Å². The highest BCUT2D eigenvalue weighted by atomic mass is 32.1. The van der Waals surface area contributed by atoms with Gasteiger partial charge in [0.2, 0.25) is 0 Å². The molecule has 22 heavy (non-hydrogen) atoms. The van der Waals surface area contributed by atoms with E-state index < -0.39 is 0 Å². The zero-order valence-corrected chi connectivity index (χ0v) is 14.1. The third kappa shape index (κ3) is 2.95. The van der Waals surface area contributed by atoms with Gasteiger partial charge in [-0.05, 0) is 41.3 Å². The van der Waals surface area contributed by atoms with Crippen molar-refractivity contribution in [3.05, 3.63) is 69.0 Å². The Bertz CT molecular complexity index is 863. The fourth-order valence-corrected chi connectivity index (χ4v) is 3.15. The molecule has 0 atom stereocenters. The van der Waals surface area contributed by atoms with Gasteiger partial charge < -0.3 is 0 Å². The fraction of sp³-hybridized carbons (Fsp3) is 0.263. The molecule has 0 spiro atoms. The topological polar surface area (TPSA) is 25.8 Å². The molecule has 0 bridgehead atoms. The maximum absolute atomic E-state index is 4.11. The SMILES string of the molecule is CCc1cc2ccc1=2.CCc1ccc(-c2nnc(C)s2)cc1. The van der Waals surface area contributed by atoms with Crippen molar-refractivity contribution in [2.24, 2.45) is 0 Å². The average Bonchev–Trinajstić information content (AvgIpc) is 2.97. The van der Waals surface area contributed by atoms with E-state index in [0.717, 1.165) is 22.0 Å². The van der Waals surface area contributed by atoms with Crippen LogP contribution in [-0.4, -0.2) is 10.2 Å². The van der Waals surface area contributed by atoms with Gasteiger partial charge in [-0.15, -0.1) is 10.2 Å². The van der Waals surface area contributed by atoms with E-state index in [4.69, 9.17) is 0 Å². The summed E-state index contributed by atoms with van der Waals surface area (Å²) in [4.78, 5) is 0. The van der Waals surface area contributed by atoms with Gasteiger partial charge in [0.25, 0.3) is 0 Å². The largest absolute Gasteiger partial charge is 0.147 e. The second-order valence-electron chi connectivity index (χ2n) is 5.40. The summed E-state index contributed by atoms with van der Waals surface area (Å²) in [5.74, 6) is 0. The first-order valence-electron chi connectivity index (χ1n) is 7.74. The molecule has 0 radical (unpaired) electrons. The van der Waals surface area contributed by atoms with Gasteiger partial charge in [0.1, 0.15) is 10.0 Å². The van der Waals surface area contributed by atoms with E-state index in [-0.39, 0.29) is 0 Å². The molecule has 3 heteroatoms. The molecule has 112 valence electrons. The molecular weight excluding hydrogens is 288 g/mol. The molecule has 0 saturated carbocycles. The number of benzene rings is 2. The minimum absolute atomic E-state index is 1.00. The Labute approximate surface area is 135 Å². The van der Waals surface area contributed by atoms with Gasteiger partial charge in [0.05, 0.1) is 0 Å². The number of nitrogens with zero attached hydrogens (tertiary/aromatic N) is 2. The minimum atomic E-state index is 1.00. The molecule has 2 aliphatic rings. The number of aromatic nitrogens is 2. The molecule has 2 nitrogen and oxygen atoms in total. The third-order valence-corrected chi connectivity index (χ3v) is 4.82. The molecule has 0 N–H and O–H groups in total. The molecule has 2 aromatic rings. The highest BCUT2D eigenvalue weighted by Gasteiger charge is 2.03. The van der Waals surface area contributed by atoms with Crippen LogP contribution in [0, 0.1) is 17.4 Å². The molecule has 2 aliphatic carbocycles. The lowest BCUT2D eigenvalue weighted by atomic mass is 9.98. The Kier molecular flexibility index (Phi) is 4.34. The van der Waals surface area contributed by atoms with Crippen molar-refractivity contribution in [2.45, 2.75) is 33.6 Å². The molecule has 0 aliphatic heterocycles. The highest BCUT2D eigenvalue weighted by molar-refractivity contribution is 7.14.